The molecule has 0 aromatic heterocycles. The Bertz CT molecular complexity index is 755. The van der Waals surface area contributed by atoms with Gasteiger partial charge in [-0.1, -0.05) is 13.0 Å². The number of amides is 2. The van der Waals surface area contributed by atoms with Gasteiger partial charge in [0.1, 0.15) is 0 Å². The van der Waals surface area contributed by atoms with E-state index < -0.39 is 29.4 Å². The average Bonchev–Trinajstić information content (AvgIpc) is 2.61. The second-order valence-electron chi connectivity index (χ2n) is 7.10. The Morgan fingerprint density at radius 1 is 1.33 bits per heavy atom. The van der Waals surface area contributed by atoms with E-state index in [1.54, 1.807) is 17.9 Å². The third kappa shape index (κ3) is 4.02. The maximum Gasteiger partial charge on any atom is 0.418 e. The maximum absolute atomic E-state index is 13.7. The molecule has 3 rings (SSSR count). The topological polar surface area (TPSA) is 77.0 Å². The van der Waals surface area contributed by atoms with Gasteiger partial charge in [0.15, 0.2) is 0 Å². The van der Waals surface area contributed by atoms with Crippen molar-refractivity contribution in [3.8, 4) is 0 Å². The lowest BCUT2D eigenvalue weighted by Crippen LogP contribution is -2.48. The zero-order chi connectivity index (χ0) is 19.8. The smallest absolute Gasteiger partial charge is 0.390 e. The van der Waals surface area contributed by atoms with Gasteiger partial charge >= 0.3 is 12.2 Å². The fourth-order valence-corrected chi connectivity index (χ4v) is 3.54. The van der Waals surface area contributed by atoms with Crippen molar-refractivity contribution >= 4 is 17.4 Å². The molecule has 0 saturated carbocycles. The van der Waals surface area contributed by atoms with E-state index in [-0.39, 0.29) is 5.69 Å². The summed E-state index contributed by atoms with van der Waals surface area (Å²) in [4.78, 5) is 12.9. The second kappa shape index (κ2) is 7.03. The van der Waals surface area contributed by atoms with E-state index in [2.05, 4.69) is 15.8 Å². The molecule has 0 aliphatic carbocycles. The van der Waals surface area contributed by atoms with Gasteiger partial charge in [0, 0.05) is 24.3 Å². The summed E-state index contributed by atoms with van der Waals surface area (Å²) in [7, 11) is 0. The fourth-order valence-electron chi connectivity index (χ4n) is 3.54. The number of benzene rings is 1. The minimum absolute atomic E-state index is 0.102. The molecule has 9 heteroatoms. The molecule has 27 heavy (non-hydrogen) atoms. The predicted octanol–water partition coefficient (Wildman–Crippen LogP) is 2.85. The predicted molar refractivity (Wildman–Crippen MR) is 95.8 cm³/mol. The number of carbonyl (C=O) groups is 1. The lowest BCUT2D eigenvalue weighted by molar-refractivity contribution is -0.137. The first-order valence-electron chi connectivity index (χ1n) is 8.96. The van der Waals surface area contributed by atoms with Gasteiger partial charge in [-0.05, 0) is 38.3 Å². The normalized spacial score (nSPS) is 22.7. The zero-order valence-electron chi connectivity index (χ0n) is 15.2. The summed E-state index contributed by atoms with van der Waals surface area (Å²) in [5.41, 5.74) is 1.43. The molecular formula is C18H23F3N4O2. The highest BCUT2D eigenvalue weighted by Gasteiger charge is 2.38. The second-order valence-corrected chi connectivity index (χ2v) is 7.10. The van der Waals surface area contributed by atoms with E-state index in [0.29, 0.717) is 43.6 Å². The first-order valence-corrected chi connectivity index (χ1v) is 8.96. The highest BCUT2D eigenvalue weighted by molar-refractivity contribution is 6.07. The number of hydrogen-bond acceptors (Lipinski definition) is 4. The number of piperidine rings is 1. The van der Waals surface area contributed by atoms with Gasteiger partial charge in [-0.3, -0.25) is 0 Å². The number of anilines is 1. The monoisotopic (exact) mass is 384 g/mol. The molecule has 1 aromatic rings. The van der Waals surface area contributed by atoms with Crippen LogP contribution in [0.5, 0.6) is 0 Å². The average molecular weight is 384 g/mol. The minimum Gasteiger partial charge on any atom is -0.390 e. The van der Waals surface area contributed by atoms with Gasteiger partial charge in [0.25, 0.3) is 0 Å². The minimum atomic E-state index is -4.53. The number of nitrogens with one attached hydrogen (secondary N) is 2. The Hall–Kier alpha value is -2.29. The Labute approximate surface area is 155 Å². The van der Waals surface area contributed by atoms with Crippen LogP contribution in [0.2, 0.25) is 0 Å². The van der Waals surface area contributed by atoms with Crippen LogP contribution in [0.4, 0.5) is 23.7 Å². The van der Waals surface area contributed by atoms with E-state index >= 15 is 0 Å². The van der Waals surface area contributed by atoms with E-state index in [1.165, 1.54) is 6.07 Å². The number of hydrogen-bond donors (Lipinski definition) is 3. The van der Waals surface area contributed by atoms with Crippen LogP contribution in [0.15, 0.2) is 23.3 Å². The quantitative estimate of drug-likeness (QED) is 0.750. The summed E-state index contributed by atoms with van der Waals surface area (Å²) in [5, 5.41) is 16.8. The van der Waals surface area contributed by atoms with Gasteiger partial charge in [-0.25, -0.2) is 10.2 Å². The molecule has 0 bridgehead atoms. The third-order valence-electron chi connectivity index (χ3n) is 5.33. The number of carbonyl (C=O) groups excluding carboxylic acids is 1. The first-order chi connectivity index (χ1) is 12.6. The van der Waals surface area contributed by atoms with Crippen LogP contribution in [0.1, 0.15) is 44.2 Å². The highest BCUT2D eigenvalue weighted by atomic mass is 19.4. The van der Waals surface area contributed by atoms with E-state index in [1.807, 2.05) is 6.92 Å². The molecule has 1 aromatic carbocycles. The van der Waals surface area contributed by atoms with Gasteiger partial charge in [0.2, 0.25) is 0 Å². The Morgan fingerprint density at radius 3 is 2.56 bits per heavy atom. The number of aliphatic hydroxyl groups is 1. The lowest BCUT2D eigenvalue weighted by atomic mass is 9.88. The number of nitrogens with zero attached hydrogens (tertiary/aromatic N) is 2. The molecule has 0 spiro atoms. The first kappa shape index (κ1) is 19.5. The molecule has 1 saturated heterocycles. The third-order valence-corrected chi connectivity index (χ3v) is 5.33. The van der Waals surface area contributed by atoms with E-state index in [0.717, 1.165) is 6.07 Å². The highest BCUT2D eigenvalue weighted by Crippen LogP contribution is 2.39. The molecule has 0 radical (unpaired) electrons. The van der Waals surface area contributed by atoms with Crippen molar-refractivity contribution in [1.82, 2.24) is 10.7 Å². The molecule has 148 valence electrons. The lowest BCUT2D eigenvalue weighted by Gasteiger charge is -2.39. The molecule has 1 fully saturated rings. The molecule has 1 atom stereocenters. The summed E-state index contributed by atoms with van der Waals surface area (Å²) in [6.45, 7) is 4.27. The van der Waals surface area contributed by atoms with E-state index in [4.69, 9.17) is 0 Å². The van der Waals surface area contributed by atoms with Crippen LogP contribution in [0.3, 0.4) is 0 Å². The Balaban J connectivity index is 1.93. The van der Waals surface area contributed by atoms with Gasteiger partial charge in [-0.2, -0.15) is 18.3 Å². The molecule has 2 aliphatic heterocycles. The molecular weight excluding hydrogens is 361 g/mol. The molecule has 6 nitrogen and oxygen atoms in total. The number of rotatable bonds is 3. The van der Waals surface area contributed by atoms with Crippen LogP contribution in [-0.4, -0.2) is 41.6 Å². The van der Waals surface area contributed by atoms with Crippen LogP contribution in [0, 0.1) is 0 Å². The van der Waals surface area contributed by atoms with Crippen molar-refractivity contribution < 1.29 is 23.1 Å². The molecule has 2 heterocycles. The molecule has 3 N–H and O–H groups in total. The summed E-state index contributed by atoms with van der Waals surface area (Å²) in [6.07, 6.45) is -3.08. The van der Waals surface area contributed by atoms with Crippen molar-refractivity contribution in [3.05, 3.63) is 29.3 Å². The summed E-state index contributed by atoms with van der Waals surface area (Å²) >= 11 is 0. The standard InChI is InChI=1S/C18H23F3N4O2/c1-3-17(27)6-8-25(9-7-17)14-5-4-12(10-13(14)18(19,20)21)15-11(2)22-16(26)24-23-15/h4-5,10-11,27H,3,6-9H2,1-2H3,(H2,22,24,26)/t11-/m0/s1. The summed E-state index contributed by atoms with van der Waals surface area (Å²) in [5.74, 6) is 0. The largest absolute Gasteiger partial charge is 0.418 e. The van der Waals surface area contributed by atoms with Gasteiger partial charge in [0.05, 0.1) is 22.9 Å². The molecule has 0 unspecified atom stereocenters. The van der Waals surface area contributed by atoms with Crippen molar-refractivity contribution in [2.24, 2.45) is 5.10 Å². The van der Waals surface area contributed by atoms with Crippen LogP contribution >= 0.6 is 0 Å². The summed E-state index contributed by atoms with van der Waals surface area (Å²) in [6, 6.07) is 3.11. The fraction of sp³-hybridized carbons (Fsp3) is 0.556. The Kier molecular flexibility index (Phi) is 5.07. The zero-order valence-corrected chi connectivity index (χ0v) is 15.2. The molecule has 2 amide bonds. The van der Waals surface area contributed by atoms with Gasteiger partial charge in [-0.15, -0.1) is 0 Å². The van der Waals surface area contributed by atoms with Crippen molar-refractivity contribution in [2.45, 2.75) is 50.9 Å². The number of halogens is 3. The van der Waals surface area contributed by atoms with Crippen molar-refractivity contribution in [3.63, 3.8) is 0 Å². The SMILES string of the molecule is CCC1(O)CCN(c2ccc(C3=NNC(=O)N[C@H]3C)cc2C(F)(F)F)CC1. The van der Waals surface area contributed by atoms with Crippen LogP contribution < -0.4 is 15.6 Å². The maximum atomic E-state index is 13.7. The number of alkyl halides is 3. The van der Waals surface area contributed by atoms with Crippen LogP contribution in [-0.2, 0) is 6.18 Å². The van der Waals surface area contributed by atoms with E-state index in [9.17, 15) is 23.1 Å². The van der Waals surface area contributed by atoms with Crippen LogP contribution in [0.25, 0.3) is 0 Å². The number of urea groups is 1. The van der Waals surface area contributed by atoms with Crippen molar-refractivity contribution in [2.75, 3.05) is 18.0 Å². The number of hydrazone groups is 1. The Morgan fingerprint density at radius 2 is 2.00 bits per heavy atom. The molecule has 2 aliphatic rings. The summed E-state index contributed by atoms with van der Waals surface area (Å²) < 4.78 is 41.2. The van der Waals surface area contributed by atoms with Crippen molar-refractivity contribution in [1.29, 1.82) is 0 Å². The van der Waals surface area contributed by atoms with Gasteiger partial charge < -0.3 is 15.3 Å².